The summed E-state index contributed by atoms with van der Waals surface area (Å²) in [5, 5.41) is 0. The highest BCUT2D eigenvalue weighted by molar-refractivity contribution is 6.68. The van der Waals surface area contributed by atoms with Gasteiger partial charge in [-0.05, 0) is 0 Å². The van der Waals surface area contributed by atoms with Crippen molar-refractivity contribution < 1.29 is 0 Å². The Balaban J connectivity index is 2.94. The number of hydrogen-bond donors (Lipinski definition) is 0. The fourth-order valence-corrected chi connectivity index (χ4v) is 4.21. The maximum Gasteiger partial charge on any atom is 0.0929 e. The summed E-state index contributed by atoms with van der Waals surface area (Å²) in [7, 11) is 0.730. The number of alkyl halides is 2. The molecule has 0 aliphatic carbocycles. The lowest BCUT2D eigenvalue weighted by atomic mass is 10.0. The summed E-state index contributed by atoms with van der Waals surface area (Å²) >= 11 is 11.5. The molecule has 0 aromatic rings. The van der Waals surface area contributed by atoms with E-state index >= 15 is 0 Å². The second-order valence-corrected chi connectivity index (χ2v) is 9.87. The molecule has 0 amide bonds. The van der Waals surface area contributed by atoms with Gasteiger partial charge in [0.15, 0.2) is 0 Å². The normalized spacial score (nSPS) is 11.5. The molecule has 0 heterocycles. The van der Waals surface area contributed by atoms with Crippen LogP contribution in [0.5, 0.6) is 0 Å². The van der Waals surface area contributed by atoms with E-state index < -0.39 is 0 Å². The first-order chi connectivity index (χ1) is 10.8. The van der Waals surface area contributed by atoms with E-state index in [1.54, 1.807) is 0 Å². The first-order valence-electron chi connectivity index (χ1n) is 9.79. The molecule has 132 valence electrons. The molecule has 0 saturated heterocycles. The molecule has 0 fully saturated rings. The first-order valence-corrected chi connectivity index (χ1v) is 11.9. The molecule has 0 atom stereocenters. The molecular weight excluding hydrogens is 327 g/mol. The number of rotatable bonds is 18. The van der Waals surface area contributed by atoms with E-state index in [4.69, 9.17) is 23.2 Å². The summed E-state index contributed by atoms with van der Waals surface area (Å²) < 4.78 is -0.128. The lowest BCUT2D eigenvalue weighted by Gasteiger charge is -2.03. The van der Waals surface area contributed by atoms with Crippen molar-refractivity contribution in [1.82, 2.24) is 0 Å². The lowest BCUT2D eigenvalue weighted by Crippen LogP contribution is -1.99. The Bertz CT molecular complexity index is 198. The molecule has 0 aliphatic rings. The smallest absolute Gasteiger partial charge is 0.0929 e. The Morgan fingerprint density at radius 2 is 0.864 bits per heavy atom. The topological polar surface area (TPSA) is 0 Å². The molecule has 0 aromatic heterocycles. The van der Waals surface area contributed by atoms with Gasteiger partial charge in [-0.15, -0.1) is 23.2 Å². The molecule has 0 nitrogen and oxygen atoms in total. The molecule has 2 radical (unpaired) electrons. The molecule has 0 N–H and O–H groups in total. The second kappa shape index (κ2) is 19.8. The fourth-order valence-electron chi connectivity index (χ4n) is 2.88. The summed E-state index contributed by atoms with van der Waals surface area (Å²) in [6.07, 6.45) is 22.9. The summed E-state index contributed by atoms with van der Waals surface area (Å²) in [4.78, 5) is 0. The molecule has 0 unspecified atom stereocenters. The SMILES string of the molecule is CCCCCCCCCCCCCCCCCC[Si]C(Cl)Cl. The molecule has 0 spiro atoms. The van der Waals surface area contributed by atoms with Crippen LogP contribution in [-0.4, -0.2) is 14.0 Å². The molecule has 0 saturated carbocycles. The van der Waals surface area contributed by atoms with Crippen LogP contribution in [0.4, 0.5) is 0 Å². The van der Waals surface area contributed by atoms with E-state index in [0.717, 1.165) is 9.52 Å². The third-order valence-corrected chi connectivity index (χ3v) is 6.21. The molecule has 0 aromatic carbocycles. The van der Waals surface area contributed by atoms with Gasteiger partial charge in [0, 0.05) is 0 Å². The standard InChI is InChI=1S/C19H38Cl2Si/c1-2-3-4-5-6-7-8-9-10-11-12-13-14-15-16-17-18-22-19(20)21/h19H,2-18H2,1H3. The Kier molecular flexibility index (Phi) is 20.6. The van der Waals surface area contributed by atoms with Gasteiger partial charge in [-0.1, -0.05) is 116 Å². The number of unbranched alkanes of at least 4 members (excludes halogenated alkanes) is 15. The van der Waals surface area contributed by atoms with Crippen molar-refractivity contribution in [3.05, 3.63) is 0 Å². The highest BCUT2D eigenvalue weighted by Gasteiger charge is 1.99. The number of hydrogen-bond acceptors (Lipinski definition) is 0. The Hall–Kier alpha value is 0.797. The quantitative estimate of drug-likeness (QED) is 0.131. The van der Waals surface area contributed by atoms with Crippen LogP contribution in [-0.2, 0) is 0 Å². The zero-order valence-corrected chi connectivity index (χ0v) is 17.4. The molecule has 0 bridgehead atoms. The minimum absolute atomic E-state index is 0.128. The monoisotopic (exact) mass is 364 g/mol. The third-order valence-electron chi connectivity index (χ3n) is 4.33. The van der Waals surface area contributed by atoms with Gasteiger partial charge in [-0.3, -0.25) is 0 Å². The van der Waals surface area contributed by atoms with Crippen molar-refractivity contribution in [3.63, 3.8) is 0 Å². The second-order valence-electron chi connectivity index (χ2n) is 6.56. The van der Waals surface area contributed by atoms with Gasteiger partial charge in [-0.25, -0.2) is 0 Å². The Labute approximate surface area is 152 Å². The predicted octanol–water partition coefficient (Wildman–Crippen LogP) is 8.13. The van der Waals surface area contributed by atoms with Gasteiger partial charge in [-0.2, -0.15) is 0 Å². The van der Waals surface area contributed by atoms with Crippen molar-refractivity contribution in [1.29, 1.82) is 0 Å². The van der Waals surface area contributed by atoms with E-state index in [9.17, 15) is 0 Å². The van der Waals surface area contributed by atoms with Crippen molar-refractivity contribution in [3.8, 4) is 0 Å². The first kappa shape index (κ1) is 22.8. The van der Waals surface area contributed by atoms with Gasteiger partial charge in [0.05, 0.1) is 14.0 Å². The average molecular weight is 366 g/mol. The van der Waals surface area contributed by atoms with Gasteiger partial charge in [0.1, 0.15) is 0 Å². The van der Waals surface area contributed by atoms with Crippen LogP contribution in [0.1, 0.15) is 110 Å². The highest BCUT2D eigenvalue weighted by atomic mass is 35.5. The van der Waals surface area contributed by atoms with Crippen LogP contribution in [0, 0.1) is 0 Å². The summed E-state index contributed by atoms with van der Waals surface area (Å²) in [5.41, 5.74) is 0. The molecule has 22 heavy (non-hydrogen) atoms. The zero-order chi connectivity index (χ0) is 16.3. The van der Waals surface area contributed by atoms with Crippen molar-refractivity contribution in [2.24, 2.45) is 0 Å². The Morgan fingerprint density at radius 3 is 1.18 bits per heavy atom. The van der Waals surface area contributed by atoms with Crippen LogP contribution in [0.2, 0.25) is 6.04 Å². The van der Waals surface area contributed by atoms with E-state index in [0.29, 0.717) is 0 Å². The highest BCUT2D eigenvalue weighted by Crippen LogP contribution is 2.14. The van der Waals surface area contributed by atoms with Gasteiger partial charge >= 0.3 is 0 Å². The molecule has 0 aliphatic heterocycles. The van der Waals surface area contributed by atoms with Crippen LogP contribution in [0.15, 0.2) is 0 Å². The van der Waals surface area contributed by atoms with Crippen LogP contribution < -0.4 is 0 Å². The largest absolute Gasteiger partial charge is 0.110 e. The van der Waals surface area contributed by atoms with Gasteiger partial charge in [0.2, 0.25) is 0 Å². The third kappa shape index (κ3) is 20.8. The maximum atomic E-state index is 5.73. The van der Waals surface area contributed by atoms with Gasteiger partial charge < -0.3 is 0 Å². The van der Waals surface area contributed by atoms with Crippen LogP contribution >= 0.6 is 23.2 Å². The van der Waals surface area contributed by atoms with E-state index in [1.807, 2.05) is 0 Å². The minimum Gasteiger partial charge on any atom is -0.110 e. The summed E-state index contributed by atoms with van der Waals surface area (Å²) in [5.74, 6) is 0. The zero-order valence-electron chi connectivity index (χ0n) is 14.9. The van der Waals surface area contributed by atoms with Crippen molar-refractivity contribution >= 4 is 32.7 Å². The number of halogens is 2. The van der Waals surface area contributed by atoms with Crippen molar-refractivity contribution in [2.45, 2.75) is 120 Å². The molecule has 3 heteroatoms. The average Bonchev–Trinajstić information content (AvgIpc) is 2.50. The Morgan fingerprint density at radius 1 is 0.545 bits per heavy atom. The maximum absolute atomic E-state index is 5.73. The van der Waals surface area contributed by atoms with Crippen LogP contribution in [0.3, 0.4) is 0 Å². The lowest BCUT2D eigenvalue weighted by molar-refractivity contribution is 0.531. The van der Waals surface area contributed by atoms with E-state index in [1.165, 1.54) is 109 Å². The van der Waals surface area contributed by atoms with Crippen LogP contribution in [0.25, 0.3) is 0 Å². The van der Waals surface area contributed by atoms with E-state index in [-0.39, 0.29) is 4.46 Å². The predicted molar refractivity (Wildman–Crippen MR) is 106 cm³/mol. The summed E-state index contributed by atoms with van der Waals surface area (Å²) in [6.45, 7) is 2.29. The minimum atomic E-state index is -0.128. The molecule has 0 rings (SSSR count). The van der Waals surface area contributed by atoms with E-state index in [2.05, 4.69) is 6.92 Å². The van der Waals surface area contributed by atoms with Crippen molar-refractivity contribution in [2.75, 3.05) is 0 Å². The summed E-state index contributed by atoms with van der Waals surface area (Å²) in [6, 6.07) is 1.22. The molecular formula is C19H38Cl2Si. The van der Waals surface area contributed by atoms with Gasteiger partial charge in [0.25, 0.3) is 0 Å². The fraction of sp³-hybridized carbons (Fsp3) is 1.00.